The van der Waals surface area contributed by atoms with Crippen molar-refractivity contribution in [3.8, 4) is 28.4 Å². The molecule has 0 saturated carbocycles. The maximum atomic E-state index is 12.0. The molecule has 0 spiro atoms. The Morgan fingerprint density at radius 1 is 1.10 bits per heavy atom. The van der Waals surface area contributed by atoms with E-state index < -0.39 is 5.63 Å². The van der Waals surface area contributed by atoms with Crippen LogP contribution in [0.5, 0.6) is 17.2 Å². The van der Waals surface area contributed by atoms with E-state index >= 15 is 0 Å². The van der Waals surface area contributed by atoms with Crippen LogP contribution in [0.15, 0.2) is 51.7 Å². The van der Waals surface area contributed by atoms with Crippen LogP contribution in [0, 0.1) is 0 Å². The van der Waals surface area contributed by atoms with Gasteiger partial charge in [0.15, 0.2) is 34.5 Å². The minimum absolute atomic E-state index is 0.0639. The molecule has 2 aromatic carbocycles. The van der Waals surface area contributed by atoms with E-state index in [1.807, 2.05) is 0 Å². The third-order valence-electron chi connectivity index (χ3n) is 3.05. The first kappa shape index (κ1) is 13.7. The van der Waals surface area contributed by atoms with Crippen LogP contribution in [0.25, 0.3) is 22.1 Å². The molecule has 5 nitrogen and oxygen atoms in total. The van der Waals surface area contributed by atoms with Crippen molar-refractivity contribution in [1.29, 1.82) is 0 Å². The second kappa shape index (κ2) is 5.28. The summed E-state index contributed by atoms with van der Waals surface area (Å²) in [4.78, 5) is 12.0. The fraction of sp³-hybridized carbons (Fsp3) is 0. The summed E-state index contributed by atoms with van der Waals surface area (Å²) in [6.45, 7) is 0. The lowest BCUT2D eigenvalue weighted by Crippen LogP contribution is -2.02. The smallest absolute Gasteiger partial charge is 0.344 e. The van der Waals surface area contributed by atoms with Gasteiger partial charge >= 0.3 is 5.63 Å². The molecule has 0 aliphatic carbocycles. The van der Waals surface area contributed by atoms with Crippen molar-refractivity contribution in [3.05, 3.63) is 52.9 Å². The van der Waals surface area contributed by atoms with Crippen molar-refractivity contribution in [2.45, 2.75) is 0 Å². The van der Waals surface area contributed by atoms with Gasteiger partial charge in [-0.05, 0) is 29.8 Å². The van der Waals surface area contributed by atoms with Crippen molar-refractivity contribution in [2.75, 3.05) is 0 Å². The molecule has 2 N–H and O–H groups in total. The summed E-state index contributed by atoms with van der Waals surface area (Å²) >= 11 is 1.66. The Balaban J connectivity index is 2.27. The van der Waals surface area contributed by atoms with Crippen molar-refractivity contribution < 1.29 is 17.7 Å². The second-order valence-electron chi connectivity index (χ2n) is 4.43. The molecule has 1 heterocycles. The SMILES string of the molecule is O=c1oc2cc(O)c(OI)cc2cc1-c1cccc(O)c1. The molecule has 0 radical (unpaired) electrons. The van der Waals surface area contributed by atoms with Gasteiger partial charge in [-0.3, -0.25) is 0 Å². The van der Waals surface area contributed by atoms with Crippen molar-refractivity contribution in [2.24, 2.45) is 0 Å². The van der Waals surface area contributed by atoms with E-state index in [-0.39, 0.29) is 22.8 Å². The highest BCUT2D eigenvalue weighted by atomic mass is 127. The third-order valence-corrected chi connectivity index (χ3v) is 3.53. The first-order valence-electron chi connectivity index (χ1n) is 5.97. The molecule has 3 rings (SSSR count). The molecular formula is C15H9IO5. The molecule has 0 saturated heterocycles. The molecule has 0 unspecified atom stereocenters. The monoisotopic (exact) mass is 396 g/mol. The fourth-order valence-electron chi connectivity index (χ4n) is 2.07. The number of benzene rings is 2. The highest BCUT2D eigenvalue weighted by molar-refractivity contribution is 14.1. The average Bonchev–Trinajstić information content (AvgIpc) is 2.46. The standard InChI is InChI=1S/C15H9IO5/c16-21-14-6-9-5-11(8-2-1-3-10(17)4-8)15(19)20-13(9)7-12(14)18/h1-7,17-18H. The number of aromatic hydroxyl groups is 2. The molecule has 0 aliphatic heterocycles. The summed E-state index contributed by atoms with van der Waals surface area (Å²) in [7, 11) is 0. The molecule has 6 heteroatoms. The van der Waals surface area contributed by atoms with Gasteiger partial charge in [0.2, 0.25) is 0 Å². The van der Waals surface area contributed by atoms with Crippen LogP contribution in [0.1, 0.15) is 0 Å². The van der Waals surface area contributed by atoms with Crippen LogP contribution < -0.4 is 8.69 Å². The van der Waals surface area contributed by atoms with Crippen LogP contribution >= 0.6 is 23.0 Å². The minimum Gasteiger partial charge on any atom is -0.508 e. The largest absolute Gasteiger partial charge is 0.508 e. The number of fused-ring (bicyclic) bond motifs is 1. The van der Waals surface area contributed by atoms with Gasteiger partial charge in [-0.2, -0.15) is 0 Å². The maximum absolute atomic E-state index is 12.0. The van der Waals surface area contributed by atoms with Gasteiger partial charge in [-0.1, -0.05) is 12.1 Å². The number of halogens is 1. The summed E-state index contributed by atoms with van der Waals surface area (Å²) in [6, 6.07) is 10.9. The quantitative estimate of drug-likeness (QED) is 0.511. The topological polar surface area (TPSA) is 79.9 Å². The van der Waals surface area contributed by atoms with Gasteiger partial charge in [0.25, 0.3) is 0 Å². The minimum atomic E-state index is -0.546. The Kier molecular flexibility index (Phi) is 3.46. The predicted molar refractivity (Wildman–Crippen MR) is 85.9 cm³/mol. The Morgan fingerprint density at radius 2 is 1.90 bits per heavy atom. The third kappa shape index (κ3) is 2.54. The van der Waals surface area contributed by atoms with E-state index in [0.717, 1.165) is 0 Å². The van der Waals surface area contributed by atoms with E-state index in [4.69, 9.17) is 7.48 Å². The van der Waals surface area contributed by atoms with E-state index in [1.54, 1.807) is 47.3 Å². The van der Waals surface area contributed by atoms with Crippen LogP contribution in [-0.4, -0.2) is 10.2 Å². The Labute approximate surface area is 133 Å². The van der Waals surface area contributed by atoms with Crippen LogP contribution in [0.3, 0.4) is 0 Å². The van der Waals surface area contributed by atoms with Gasteiger partial charge < -0.3 is 17.7 Å². The predicted octanol–water partition coefficient (Wildman–Crippen LogP) is 3.60. The van der Waals surface area contributed by atoms with Crippen LogP contribution in [0.2, 0.25) is 0 Å². The van der Waals surface area contributed by atoms with Gasteiger partial charge in [0.1, 0.15) is 11.3 Å². The average molecular weight is 396 g/mol. The molecule has 106 valence electrons. The highest BCUT2D eigenvalue weighted by Crippen LogP contribution is 2.33. The summed E-state index contributed by atoms with van der Waals surface area (Å²) in [5, 5.41) is 19.8. The second-order valence-corrected chi connectivity index (χ2v) is 4.87. The lowest BCUT2D eigenvalue weighted by Gasteiger charge is -2.06. The maximum Gasteiger partial charge on any atom is 0.344 e. The fourth-order valence-corrected chi connectivity index (χ4v) is 2.42. The number of phenolic OH excluding ortho intramolecular Hbond substituents is 2. The number of hydrogen-bond acceptors (Lipinski definition) is 5. The van der Waals surface area contributed by atoms with Crippen LogP contribution in [0.4, 0.5) is 0 Å². The molecule has 1 aromatic heterocycles. The zero-order chi connectivity index (χ0) is 15.0. The van der Waals surface area contributed by atoms with Gasteiger partial charge in [0.05, 0.1) is 5.56 Å². The molecule has 21 heavy (non-hydrogen) atoms. The lowest BCUT2D eigenvalue weighted by molar-refractivity contribution is 0.455. The Hall–Kier alpha value is -2.22. The highest BCUT2D eigenvalue weighted by Gasteiger charge is 2.12. The van der Waals surface area contributed by atoms with E-state index in [0.29, 0.717) is 16.5 Å². The van der Waals surface area contributed by atoms with E-state index in [1.165, 1.54) is 18.2 Å². The molecule has 0 fully saturated rings. The first-order valence-corrected chi connectivity index (χ1v) is 6.85. The number of phenols is 2. The summed E-state index contributed by atoms with van der Waals surface area (Å²) in [6.07, 6.45) is 0. The van der Waals surface area contributed by atoms with Gasteiger partial charge in [-0.15, -0.1) is 0 Å². The number of rotatable bonds is 2. The Morgan fingerprint density at radius 3 is 2.62 bits per heavy atom. The van der Waals surface area contributed by atoms with Gasteiger partial charge in [0, 0.05) is 11.5 Å². The summed E-state index contributed by atoms with van der Waals surface area (Å²) < 4.78 is 10.2. The summed E-state index contributed by atoms with van der Waals surface area (Å²) in [5.41, 5.74) is 0.591. The molecule has 0 amide bonds. The number of hydrogen-bond donors (Lipinski definition) is 2. The Bertz CT molecular complexity index is 885. The zero-order valence-electron chi connectivity index (χ0n) is 10.5. The van der Waals surface area contributed by atoms with E-state index in [2.05, 4.69) is 0 Å². The normalized spacial score (nSPS) is 10.7. The van der Waals surface area contributed by atoms with Crippen molar-refractivity contribution >= 4 is 34.0 Å². The van der Waals surface area contributed by atoms with Crippen molar-refractivity contribution in [3.63, 3.8) is 0 Å². The molecule has 0 atom stereocenters. The van der Waals surface area contributed by atoms with Gasteiger partial charge in [-0.25, -0.2) is 4.79 Å². The van der Waals surface area contributed by atoms with Crippen LogP contribution in [-0.2, 0) is 0 Å². The zero-order valence-corrected chi connectivity index (χ0v) is 12.7. The molecular weight excluding hydrogens is 387 g/mol. The lowest BCUT2D eigenvalue weighted by atomic mass is 10.1. The first-order chi connectivity index (χ1) is 10.1. The molecule has 0 bridgehead atoms. The summed E-state index contributed by atoms with van der Waals surface area (Å²) in [5.74, 6) is 0.234. The van der Waals surface area contributed by atoms with E-state index in [9.17, 15) is 15.0 Å². The molecule has 0 aliphatic rings. The van der Waals surface area contributed by atoms with Crippen molar-refractivity contribution in [1.82, 2.24) is 0 Å². The molecule has 3 aromatic rings.